The van der Waals surface area contributed by atoms with Crippen molar-refractivity contribution in [2.45, 2.75) is 32.5 Å². The third-order valence-electron chi connectivity index (χ3n) is 6.78. The number of carbonyl (C=O) groups is 1. The second-order valence-corrected chi connectivity index (χ2v) is 11.3. The highest BCUT2D eigenvalue weighted by Crippen LogP contribution is 2.32. The predicted molar refractivity (Wildman–Crippen MR) is 168 cm³/mol. The average molecular weight is 632 g/mol. The van der Waals surface area contributed by atoms with Crippen LogP contribution in [0.5, 0.6) is 5.75 Å². The third kappa shape index (κ3) is 7.90. The zero-order valence-corrected chi connectivity index (χ0v) is 25.1. The lowest BCUT2D eigenvalue weighted by Crippen LogP contribution is -2.36. The van der Waals surface area contributed by atoms with Crippen molar-refractivity contribution < 1.29 is 22.7 Å². The van der Waals surface area contributed by atoms with Crippen LogP contribution in [-0.2, 0) is 0 Å². The topological polar surface area (TPSA) is 108 Å². The summed E-state index contributed by atoms with van der Waals surface area (Å²) in [6.45, 7) is 5.02. The summed E-state index contributed by atoms with van der Waals surface area (Å²) in [5.41, 5.74) is 4.15. The van der Waals surface area contributed by atoms with Gasteiger partial charge in [0.15, 0.2) is 11.0 Å². The van der Waals surface area contributed by atoms with Gasteiger partial charge in [0.1, 0.15) is 18.1 Å². The number of para-hydroxylation sites is 1. The van der Waals surface area contributed by atoms with Crippen LogP contribution in [0.2, 0.25) is 0 Å². The summed E-state index contributed by atoms with van der Waals surface area (Å²) in [5.74, 6) is 1.20. The number of rotatable bonds is 7. The fraction of sp³-hybridized carbons (Fsp3) is 0.219. The minimum Gasteiger partial charge on any atom is -0.406 e. The van der Waals surface area contributed by atoms with E-state index in [4.69, 9.17) is 0 Å². The van der Waals surface area contributed by atoms with Crippen LogP contribution < -0.4 is 15.0 Å². The van der Waals surface area contributed by atoms with E-state index in [0.29, 0.717) is 33.7 Å². The van der Waals surface area contributed by atoms with Gasteiger partial charge < -0.3 is 15.0 Å². The molecule has 1 aromatic heterocycles. The number of amidine groups is 1. The molecular weight excluding hydrogens is 603 g/mol. The van der Waals surface area contributed by atoms with Crippen LogP contribution in [0.1, 0.15) is 37.3 Å². The molecule has 1 N–H and O–H groups in total. The number of nitrogens with one attached hydrogen (secondary N) is 1. The highest BCUT2D eigenvalue weighted by atomic mass is 32.2. The number of benzene rings is 3. The van der Waals surface area contributed by atoms with Crippen molar-refractivity contribution in [1.29, 1.82) is 5.26 Å². The number of amides is 2. The van der Waals surface area contributed by atoms with Crippen molar-refractivity contribution >= 4 is 34.2 Å². The molecule has 0 atom stereocenters. The highest BCUT2D eigenvalue weighted by molar-refractivity contribution is 8.14. The SMILES string of the molecule is CC(C)c1ccccc1N1CCCSC1=NC(=O)N/C=C(\C#N)c1ccc(-c2ncn(-c3ccc(OC(F)(F)F)cc3)n2)cc1. The molecule has 0 aliphatic carbocycles. The fourth-order valence-electron chi connectivity index (χ4n) is 4.65. The quantitative estimate of drug-likeness (QED) is 0.210. The van der Waals surface area contributed by atoms with Gasteiger partial charge in [0.05, 0.1) is 11.3 Å². The first-order valence-electron chi connectivity index (χ1n) is 14.0. The number of urea groups is 1. The number of thioether (sulfide) groups is 1. The van der Waals surface area contributed by atoms with Crippen LogP contribution in [0.25, 0.3) is 22.6 Å². The number of nitriles is 1. The first kappa shape index (κ1) is 31.3. The molecule has 0 bridgehead atoms. The lowest BCUT2D eigenvalue weighted by atomic mass is 10.0. The summed E-state index contributed by atoms with van der Waals surface area (Å²) in [5, 5.41) is 17.4. The number of halogens is 3. The molecule has 0 unspecified atom stereocenters. The number of alkyl halides is 3. The maximum absolute atomic E-state index is 12.8. The number of nitrogens with zero attached hydrogens (tertiary/aromatic N) is 6. The lowest BCUT2D eigenvalue weighted by Gasteiger charge is -2.31. The van der Waals surface area contributed by atoms with E-state index in [-0.39, 0.29) is 11.3 Å². The lowest BCUT2D eigenvalue weighted by molar-refractivity contribution is -0.274. The van der Waals surface area contributed by atoms with Crippen LogP contribution in [0.3, 0.4) is 0 Å². The molecule has 2 heterocycles. The Hall–Kier alpha value is -5.09. The van der Waals surface area contributed by atoms with Gasteiger partial charge in [-0.25, -0.2) is 14.5 Å². The van der Waals surface area contributed by atoms with Gasteiger partial charge in [-0.3, -0.25) is 0 Å². The van der Waals surface area contributed by atoms with Gasteiger partial charge >= 0.3 is 12.4 Å². The smallest absolute Gasteiger partial charge is 0.406 e. The molecule has 0 radical (unpaired) electrons. The Kier molecular flexibility index (Phi) is 9.53. The minimum absolute atomic E-state index is 0.230. The van der Waals surface area contributed by atoms with E-state index in [1.54, 1.807) is 24.3 Å². The van der Waals surface area contributed by atoms with Crippen LogP contribution in [0, 0.1) is 11.3 Å². The maximum Gasteiger partial charge on any atom is 0.573 e. The first-order valence-corrected chi connectivity index (χ1v) is 15.0. The number of aromatic nitrogens is 3. The second-order valence-electron chi connectivity index (χ2n) is 10.2. The van der Waals surface area contributed by atoms with Crippen LogP contribution >= 0.6 is 11.8 Å². The van der Waals surface area contributed by atoms with Gasteiger partial charge in [-0.05, 0) is 53.8 Å². The minimum atomic E-state index is -4.77. The van der Waals surface area contributed by atoms with Crippen molar-refractivity contribution in [3.63, 3.8) is 0 Å². The number of ether oxygens (including phenoxy) is 1. The number of allylic oxidation sites excluding steroid dienone is 1. The largest absolute Gasteiger partial charge is 0.573 e. The molecule has 5 rings (SSSR count). The Morgan fingerprint density at radius 2 is 1.84 bits per heavy atom. The number of hydrogen-bond acceptors (Lipinski definition) is 6. The Bertz CT molecular complexity index is 1760. The monoisotopic (exact) mass is 631 g/mol. The van der Waals surface area contributed by atoms with Gasteiger partial charge in [-0.2, -0.15) is 10.3 Å². The normalized spacial score (nSPS) is 14.8. The third-order valence-corrected chi connectivity index (χ3v) is 7.84. The van der Waals surface area contributed by atoms with Gasteiger partial charge in [-0.1, -0.05) is 68.1 Å². The number of anilines is 1. The molecule has 1 fully saturated rings. The van der Waals surface area contributed by atoms with Crippen molar-refractivity contribution in [3.05, 3.63) is 96.5 Å². The van der Waals surface area contributed by atoms with Gasteiger partial charge in [0.2, 0.25) is 0 Å². The molecule has 9 nitrogen and oxygen atoms in total. The Labute approximate surface area is 262 Å². The fourth-order valence-corrected chi connectivity index (χ4v) is 5.60. The molecule has 1 saturated heterocycles. The Morgan fingerprint density at radius 3 is 2.53 bits per heavy atom. The Balaban J connectivity index is 1.26. The van der Waals surface area contributed by atoms with E-state index in [9.17, 15) is 23.2 Å². The maximum atomic E-state index is 12.8. The zero-order chi connectivity index (χ0) is 32.0. The first-order chi connectivity index (χ1) is 21.6. The van der Waals surface area contributed by atoms with Crippen LogP contribution in [-0.4, -0.2) is 44.6 Å². The zero-order valence-electron chi connectivity index (χ0n) is 24.3. The Morgan fingerprint density at radius 1 is 1.11 bits per heavy atom. The molecule has 4 aromatic rings. The summed E-state index contributed by atoms with van der Waals surface area (Å²) in [7, 11) is 0. The van der Waals surface area contributed by atoms with Crippen LogP contribution in [0.15, 0.2) is 90.3 Å². The van der Waals surface area contributed by atoms with Gasteiger partial charge in [0, 0.05) is 29.7 Å². The molecule has 230 valence electrons. The summed E-state index contributed by atoms with van der Waals surface area (Å²) >= 11 is 1.52. The van der Waals surface area contributed by atoms with Crippen LogP contribution in [0.4, 0.5) is 23.7 Å². The summed E-state index contributed by atoms with van der Waals surface area (Å²) < 4.78 is 42.6. The molecule has 0 saturated carbocycles. The molecule has 1 aliphatic rings. The molecule has 2 amide bonds. The van der Waals surface area contributed by atoms with E-state index in [2.05, 4.69) is 56.0 Å². The molecular formula is C32H28F3N7O2S. The number of aliphatic imine (C=N–C) groups is 1. The molecule has 3 aromatic carbocycles. The van der Waals surface area contributed by atoms with E-state index in [1.807, 2.05) is 18.2 Å². The highest BCUT2D eigenvalue weighted by Gasteiger charge is 2.31. The molecule has 0 spiro atoms. The van der Waals surface area contributed by atoms with Crippen molar-refractivity contribution in [1.82, 2.24) is 20.1 Å². The molecule has 1 aliphatic heterocycles. The van der Waals surface area contributed by atoms with Crippen molar-refractivity contribution in [3.8, 4) is 28.9 Å². The average Bonchev–Trinajstić information content (AvgIpc) is 3.52. The van der Waals surface area contributed by atoms with E-state index in [1.165, 1.54) is 58.8 Å². The van der Waals surface area contributed by atoms with E-state index < -0.39 is 12.4 Å². The van der Waals surface area contributed by atoms with Crippen molar-refractivity contribution in [2.75, 3.05) is 17.2 Å². The number of carbonyl (C=O) groups excluding carboxylic acids is 1. The standard InChI is InChI=1S/C32H28F3N7O2S/c1-21(2)27-6-3-4-7-28(27)41-16-5-17-45-31(41)39-30(43)37-19-24(18-36)22-8-10-23(11-9-22)29-38-20-42(40-29)25-12-14-26(15-13-25)44-32(33,34)35/h3-4,6-15,19-21H,5,16-17H2,1-2H3,(H,37,43)/b24-19+,39-31?. The molecule has 45 heavy (non-hydrogen) atoms. The van der Waals surface area contributed by atoms with Gasteiger partial charge in [0.25, 0.3) is 0 Å². The van der Waals surface area contributed by atoms with E-state index in [0.717, 1.165) is 24.4 Å². The van der Waals surface area contributed by atoms with E-state index >= 15 is 0 Å². The second kappa shape index (κ2) is 13.7. The number of hydrogen-bond donors (Lipinski definition) is 1. The van der Waals surface area contributed by atoms with Crippen molar-refractivity contribution in [2.24, 2.45) is 4.99 Å². The summed E-state index contributed by atoms with van der Waals surface area (Å²) in [6.07, 6.45) is -1.03. The summed E-state index contributed by atoms with van der Waals surface area (Å²) in [4.78, 5) is 23.5. The summed E-state index contributed by atoms with van der Waals surface area (Å²) in [6, 6.07) is 21.7. The predicted octanol–water partition coefficient (Wildman–Crippen LogP) is 7.53. The van der Waals surface area contributed by atoms with Gasteiger partial charge in [-0.15, -0.1) is 18.3 Å². The molecule has 13 heteroatoms.